The van der Waals surface area contributed by atoms with Gasteiger partial charge in [-0.3, -0.25) is 9.59 Å². The Hall–Kier alpha value is -2.66. The van der Waals surface area contributed by atoms with Crippen LogP contribution in [-0.4, -0.2) is 42.3 Å². The van der Waals surface area contributed by atoms with Crippen LogP contribution in [0.1, 0.15) is 111 Å². The maximum atomic E-state index is 13.7. The number of rotatable bonds is 15. The van der Waals surface area contributed by atoms with Gasteiger partial charge in [0.1, 0.15) is 0 Å². The van der Waals surface area contributed by atoms with E-state index in [2.05, 4.69) is 60.4 Å². The Balaban J connectivity index is 0.881. The van der Waals surface area contributed by atoms with Crippen LogP contribution in [0.3, 0.4) is 0 Å². The molecule has 0 spiro atoms. The van der Waals surface area contributed by atoms with Gasteiger partial charge in [-0.05, 0) is 113 Å². The Morgan fingerprint density at radius 1 is 0.739 bits per heavy atom. The van der Waals surface area contributed by atoms with Crippen LogP contribution >= 0.6 is 11.3 Å². The van der Waals surface area contributed by atoms with Crippen LogP contribution in [0.2, 0.25) is 0 Å². The molecule has 0 unspecified atom stereocenters. The van der Waals surface area contributed by atoms with Crippen molar-refractivity contribution in [3.05, 3.63) is 80.6 Å². The van der Waals surface area contributed by atoms with Crippen molar-refractivity contribution in [3.8, 4) is 0 Å². The number of benzene rings is 1. The van der Waals surface area contributed by atoms with Crippen LogP contribution in [0.25, 0.3) is 0 Å². The van der Waals surface area contributed by atoms with Crippen LogP contribution in [0.5, 0.6) is 0 Å². The van der Waals surface area contributed by atoms with Crippen molar-refractivity contribution < 1.29 is 9.59 Å². The summed E-state index contributed by atoms with van der Waals surface area (Å²) in [5.41, 5.74) is 5.56. The molecule has 0 N–H and O–H groups in total. The zero-order valence-electron chi connectivity index (χ0n) is 28.7. The summed E-state index contributed by atoms with van der Waals surface area (Å²) in [6.45, 7) is 3.62. The zero-order chi connectivity index (χ0) is 32.1. The first-order valence-electron chi connectivity index (χ1n) is 18.2. The third-order valence-corrected chi connectivity index (χ3v) is 12.6. The Labute approximate surface area is 282 Å². The first-order valence-corrected chi connectivity index (χ1v) is 19.1. The van der Waals surface area contributed by atoms with Crippen molar-refractivity contribution in [2.24, 2.45) is 23.2 Å². The summed E-state index contributed by atoms with van der Waals surface area (Å²) in [6, 6.07) is 13.3. The molecule has 4 fully saturated rings. The predicted octanol–water partition coefficient (Wildman–Crippen LogP) is 9.46. The minimum atomic E-state index is -0.0442. The summed E-state index contributed by atoms with van der Waals surface area (Å²) in [7, 11) is 4.00. The lowest BCUT2D eigenvalue weighted by molar-refractivity contribution is -0.155. The number of allylic oxidation sites excluding steroid dienone is 3. The molecule has 4 bridgehead atoms. The molecule has 0 radical (unpaired) electrons. The minimum absolute atomic E-state index is 0.0442. The van der Waals surface area contributed by atoms with Gasteiger partial charge in [-0.2, -0.15) is 0 Å². The van der Waals surface area contributed by atoms with Crippen molar-refractivity contribution >= 4 is 23.2 Å². The second-order valence-electron chi connectivity index (χ2n) is 15.6. The van der Waals surface area contributed by atoms with Crippen LogP contribution in [-0.2, 0) is 29.0 Å². The van der Waals surface area contributed by atoms with Gasteiger partial charge in [0, 0.05) is 43.2 Å². The normalized spacial score (nSPS) is 24.9. The molecule has 7 rings (SSSR count). The number of carbonyl (C=O) groups excluding carboxylic acids is 2. The van der Waals surface area contributed by atoms with Crippen LogP contribution in [0.4, 0.5) is 0 Å². The SMILES string of the molecule is Cc1ccc(CCCCCCCC(=O)N(C)Cc2ccc(CC3=CC=C(CN(C)C(=O)C45CC6CC(CC(C6)C4)C5)CC3)s2)cc1. The molecule has 5 heteroatoms. The number of thiophene rings is 1. The minimum Gasteiger partial charge on any atom is -0.341 e. The topological polar surface area (TPSA) is 40.6 Å². The van der Waals surface area contributed by atoms with Gasteiger partial charge in [-0.15, -0.1) is 11.3 Å². The van der Waals surface area contributed by atoms with Crippen molar-refractivity contribution in [1.82, 2.24) is 9.80 Å². The fourth-order valence-corrected chi connectivity index (χ4v) is 10.5. The van der Waals surface area contributed by atoms with E-state index < -0.39 is 0 Å². The maximum Gasteiger partial charge on any atom is 0.228 e. The third-order valence-electron chi connectivity index (χ3n) is 11.5. The lowest BCUT2D eigenvalue weighted by atomic mass is 9.49. The molecule has 1 heterocycles. The zero-order valence-corrected chi connectivity index (χ0v) is 29.5. The van der Waals surface area contributed by atoms with Gasteiger partial charge < -0.3 is 9.80 Å². The smallest absolute Gasteiger partial charge is 0.228 e. The standard InChI is InChI=1S/C41H56N2O2S/c1-30-11-13-31(14-12-30)9-7-5-4-6-8-10-39(44)42(2)29-38-20-19-37(46-38)24-32-15-17-33(18-16-32)28-43(3)40(45)41-25-34-21-35(26-41)23-36(22-34)27-41/h11-15,17,19-20,34-36H,4-10,16,18,21-29H2,1-3H3. The number of hydrogen-bond donors (Lipinski definition) is 0. The second-order valence-corrected chi connectivity index (χ2v) is 16.8. The number of unbranched alkanes of at least 4 members (excludes halogenated alkanes) is 4. The largest absolute Gasteiger partial charge is 0.341 e. The number of amides is 2. The van der Waals surface area contributed by atoms with Gasteiger partial charge >= 0.3 is 0 Å². The molecular formula is C41H56N2O2S. The number of aryl methyl sites for hydroxylation is 2. The van der Waals surface area contributed by atoms with Gasteiger partial charge in [0.05, 0.1) is 12.0 Å². The highest BCUT2D eigenvalue weighted by atomic mass is 32.1. The summed E-state index contributed by atoms with van der Waals surface area (Å²) in [6.07, 6.45) is 22.9. The fourth-order valence-electron chi connectivity index (χ4n) is 9.39. The molecule has 5 aliphatic carbocycles. The van der Waals surface area contributed by atoms with E-state index in [0.717, 1.165) is 82.1 Å². The molecule has 2 amide bonds. The molecule has 0 aliphatic heterocycles. The van der Waals surface area contributed by atoms with E-state index in [4.69, 9.17) is 0 Å². The summed E-state index contributed by atoms with van der Waals surface area (Å²) >= 11 is 1.84. The summed E-state index contributed by atoms with van der Waals surface area (Å²) in [5.74, 6) is 3.11. The fraction of sp³-hybridized carbons (Fsp3) is 0.610. The lowest BCUT2D eigenvalue weighted by Gasteiger charge is -2.56. The summed E-state index contributed by atoms with van der Waals surface area (Å²) in [4.78, 5) is 33.1. The van der Waals surface area contributed by atoms with Gasteiger partial charge in [-0.25, -0.2) is 0 Å². The molecular weight excluding hydrogens is 585 g/mol. The van der Waals surface area contributed by atoms with Crippen LogP contribution in [0.15, 0.2) is 59.7 Å². The third kappa shape index (κ3) is 8.43. The molecule has 46 heavy (non-hydrogen) atoms. The molecule has 4 saturated carbocycles. The molecule has 248 valence electrons. The number of nitrogens with zero attached hydrogens (tertiary/aromatic N) is 2. The molecule has 1 aromatic heterocycles. The van der Waals surface area contributed by atoms with E-state index in [1.165, 1.54) is 70.6 Å². The predicted molar refractivity (Wildman–Crippen MR) is 191 cm³/mol. The van der Waals surface area contributed by atoms with Gasteiger partial charge in [-0.1, -0.05) is 72.4 Å². The maximum absolute atomic E-state index is 13.7. The monoisotopic (exact) mass is 640 g/mol. The Kier molecular flexibility index (Phi) is 10.9. The lowest BCUT2D eigenvalue weighted by Crippen LogP contribution is -2.54. The average molecular weight is 641 g/mol. The Morgan fingerprint density at radius 3 is 2.02 bits per heavy atom. The first kappa shape index (κ1) is 33.2. The van der Waals surface area contributed by atoms with E-state index in [-0.39, 0.29) is 11.3 Å². The van der Waals surface area contributed by atoms with E-state index >= 15 is 0 Å². The van der Waals surface area contributed by atoms with E-state index in [9.17, 15) is 9.59 Å². The number of likely N-dealkylation sites (N-methyl/N-ethyl adjacent to an activating group) is 1. The quantitative estimate of drug-likeness (QED) is 0.182. The Morgan fingerprint density at radius 2 is 1.35 bits per heavy atom. The highest BCUT2D eigenvalue weighted by Gasteiger charge is 2.55. The highest BCUT2D eigenvalue weighted by Crippen LogP contribution is 2.60. The van der Waals surface area contributed by atoms with Crippen molar-refractivity contribution in [2.45, 2.75) is 116 Å². The second kappa shape index (κ2) is 15.0. The van der Waals surface area contributed by atoms with E-state index in [0.29, 0.717) is 18.9 Å². The van der Waals surface area contributed by atoms with Crippen LogP contribution in [0, 0.1) is 30.1 Å². The highest BCUT2D eigenvalue weighted by molar-refractivity contribution is 7.12. The molecule has 2 aromatic rings. The van der Waals surface area contributed by atoms with Crippen molar-refractivity contribution in [3.63, 3.8) is 0 Å². The van der Waals surface area contributed by atoms with Crippen molar-refractivity contribution in [1.29, 1.82) is 0 Å². The van der Waals surface area contributed by atoms with Crippen molar-refractivity contribution in [2.75, 3.05) is 20.6 Å². The van der Waals surface area contributed by atoms with E-state index in [1.54, 1.807) is 0 Å². The molecule has 1 aromatic carbocycles. The Bertz CT molecular complexity index is 1380. The van der Waals surface area contributed by atoms with Gasteiger partial charge in [0.15, 0.2) is 0 Å². The number of hydrogen-bond acceptors (Lipinski definition) is 3. The molecule has 0 saturated heterocycles. The molecule has 5 aliphatic rings. The van der Waals surface area contributed by atoms with Gasteiger partial charge in [0.2, 0.25) is 11.8 Å². The first-order chi connectivity index (χ1) is 22.2. The average Bonchev–Trinajstić information content (AvgIpc) is 3.47. The molecule has 0 atom stereocenters. The summed E-state index contributed by atoms with van der Waals surface area (Å²) < 4.78 is 0. The number of carbonyl (C=O) groups is 2. The van der Waals surface area contributed by atoms with Gasteiger partial charge in [0.25, 0.3) is 0 Å². The molecule has 4 nitrogen and oxygen atoms in total. The van der Waals surface area contributed by atoms with E-state index in [1.807, 2.05) is 30.3 Å². The van der Waals surface area contributed by atoms with Crippen LogP contribution < -0.4 is 0 Å². The summed E-state index contributed by atoms with van der Waals surface area (Å²) in [5, 5.41) is 0.